The van der Waals surface area contributed by atoms with E-state index < -0.39 is 0 Å². The van der Waals surface area contributed by atoms with Crippen LogP contribution in [0.2, 0.25) is 0 Å². The fraction of sp³-hybridized carbons (Fsp3) is 0. The van der Waals surface area contributed by atoms with Crippen molar-refractivity contribution in [3.8, 4) is 56.5 Å². The molecule has 0 saturated heterocycles. The number of fused-ring (bicyclic) bond motifs is 11. The summed E-state index contributed by atoms with van der Waals surface area (Å²) < 4.78 is 13.5. The molecule has 0 aliphatic rings. The lowest BCUT2D eigenvalue weighted by Crippen LogP contribution is -2.00. The van der Waals surface area contributed by atoms with Crippen molar-refractivity contribution in [1.82, 2.24) is 19.9 Å². The van der Waals surface area contributed by atoms with E-state index in [2.05, 4.69) is 182 Å². The van der Waals surface area contributed by atoms with Gasteiger partial charge < -0.3 is 8.83 Å². The van der Waals surface area contributed by atoms with Crippen LogP contribution in [0.3, 0.4) is 0 Å². The molecule has 306 valence electrons. The molecule has 14 aromatic rings. The van der Waals surface area contributed by atoms with Crippen molar-refractivity contribution in [2.24, 2.45) is 0 Å². The molecule has 0 atom stereocenters. The summed E-state index contributed by atoms with van der Waals surface area (Å²) in [6, 6.07) is 71.5. The van der Waals surface area contributed by atoms with Crippen molar-refractivity contribution in [2.75, 3.05) is 0 Å². The minimum atomic E-state index is 0.587. The van der Waals surface area contributed by atoms with Gasteiger partial charge in [0.15, 0.2) is 17.5 Å². The number of para-hydroxylation sites is 4. The average Bonchev–Trinajstić information content (AvgIpc) is 3.96. The third kappa shape index (κ3) is 5.68. The van der Waals surface area contributed by atoms with E-state index in [-0.39, 0.29) is 0 Å². The summed E-state index contributed by atoms with van der Waals surface area (Å²) in [5.74, 6) is 1.81. The molecule has 10 aromatic carbocycles. The van der Waals surface area contributed by atoms with E-state index in [4.69, 9.17) is 28.8 Å². The van der Waals surface area contributed by atoms with E-state index in [1.165, 1.54) is 0 Å². The van der Waals surface area contributed by atoms with Crippen molar-refractivity contribution in [3.05, 3.63) is 206 Å². The Kier molecular flexibility index (Phi) is 7.88. The Bertz CT molecular complexity index is 4200. The number of aromatic nitrogens is 4. The van der Waals surface area contributed by atoms with Crippen molar-refractivity contribution in [2.45, 2.75) is 0 Å². The molecular weight excluding hydrogens is 809 g/mol. The van der Waals surface area contributed by atoms with Crippen LogP contribution in [0.25, 0.3) is 144 Å². The lowest BCUT2D eigenvalue weighted by Gasteiger charge is -2.16. The van der Waals surface area contributed by atoms with Crippen LogP contribution in [0.15, 0.2) is 215 Å². The first-order valence-corrected chi connectivity index (χ1v) is 22.1. The normalized spacial score (nSPS) is 11.9. The molecule has 14 rings (SSSR count). The van der Waals surface area contributed by atoms with Gasteiger partial charge in [-0.15, -0.1) is 0 Å². The summed E-state index contributed by atoms with van der Waals surface area (Å²) in [7, 11) is 0. The first-order valence-electron chi connectivity index (χ1n) is 22.1. The van der Waals surface area contributed by atoms with E-state index in [0.29, 0.717) is 17.5 Å². The predicted octanol–water partition coefficient (Wildman–Crippen LogP) is 16.0. The molecule has 0 spiro atoms. The van der Waals surface area contributed by atoms with Gasteiger partial charge in [0.1, 0.15) is 22.3 Å². The summed E-state index contributed by atoms with van der Waals surface area (Å²) in [5.41, 5.74) is 10.8. The zero-order valence-electron chi connectivity index (χ0n) is 35.2. The van der Waals surface area contributed by atoms with Crippen LogP contribution in [-0.2, 0) is 0 Å². The van der Waals surface area contributed by atoms with Gasteiger partial charge in [0.2, 0.25) is 0 Å². The molecule has 0 amide bonds. The van der Waals surface area contributed by atoms with Crippen LogP contribution < -0.4 is 0 Å². The van der Waals surface area contributed by atoms with Gasteiger partial charge in [-0.3, -0.25) is 0 Å². The summed E-state index contributed by atoms with van der Waals surface area (Å²) in [4.78, 5) is 20.8. The van der Waals surface area contributed by atoms with Crippen molar-refractivity contribution in [3.63, 3.8) is 0 Å². The highest BCUT2D eigenvalue weighted by Gasteiger charge is 2.24. The maximum Gasteiger partial charge on any atom is 0.164 e. The summed E-state index contributed by atoms with van der Waals surface area (Å²) in [6.07, 6.45) is 0. The molecule has 0 radical (unpaired) electrons. The molecule has 0 saturated carbocycles. The molecule has 0 aliphatic carbocycles. The third-order valence-electron chi connectivity index (χ3n) is 13.1. The zero-order chi connectivity index (χ0) is 43.3. The Morgan fingerprint density at radius 2 is 0.833 bits per heavy atom. The van der Waals surface area contributed by atoms with Crippen LogP contribution in [0, 0.1) is 0 Å². The molecule has 4 heterocycles. The fourth-order valence-electron chi connectivity index (χ4n) is 9.95. The van der Waals surface area contributed by atoms with Crippen LogP contribution >= 0.6 is 0 Å². The molecule has 0 N–H and O–H groups in total. The number of benzene rings is 10. The van der Waals surface area contributed by atoms with Crippen molar-refractivity contribution >= 4 is 87.1 Å². The van der Waals surface area contributed by atoms with Gasteiger partial charge in [-0.05, 0) is 57.9 Å². The number of rotatable bonds is 5. The largest absolute Gasteiger partial charge is 0.456 e. The molecular formula is C60H34N4O2. The number of hydrogen-bond acceptors (Lipinski definition) is 6. The molecule has 6 nitrogen and oxygen atoms in total. The number of pyridine rings is 1. The minimum Gasteiger partial charge on any atom is -0.456 e. The Balaban J connectivity index is 0.986. The van der Waals surface area contributed by atoms with E-state index in [1.54, 1.807) is 0 Å². The lowest BCUT2D eigenvalue weighted by molar-refractivity contribution is 0.669. The van der Waals surface area contributed by atoms with Gasteiger partial charge in [-0.2, -0.15) is 0 Å². The highest BCUT2D eigenvalue weighted by molar-refractivity contribution is 6.29. The van der Waals surface area contributed by atoms with Crippen LogP contribution in [-0.4, -0.2) is 19.9 Å². The van der Waals surface area contributed by atoms with Crippen molar-refractivity contribution < 1.29 is 8.83 Å². The Morgan fingerprint density at radius 1 is 0.303 bits per heavy atom. The Morgan fingerprint density at radius 3 is 1.53 bits per heavy atom. The van der Waals surface area contributed by atoms with Crippen LogP contribution in [0.1, 0.15) is 0 Å². The Hall–Kier alpha value is -9.00. The molecule has 0 aliphatic heterocycles. The third-order valence-corrected chi connectivity index (χ3v) is 13.1. The van der Waals surface area contributed by atoms with Crippen LogP contribution in [0.4, 0.5) is 0 Å². The quantitative estimate of drug-likeness (QED) is 0.161. The maximum atomic E-state index is 6.75. The van der Waals surface area contributed by atoms with Gasteiger partial charge in [-0.25, -0.2) is 19.9 Å². The number of hydrogen-bond donors (Lipinski definition) is 0. The van der Waals surface area contributed by atoms with Gasteiger partial charge in [-0.1, -0.05) is 170 Å². The second-order valence-electron chi connectivity index (χ2n) is 16.9. The van der Waals surface area contributed by atoms with Gasteiger partial charge >= 0.3 is 0 Å². The van der Waals surface area contributed by atoms with E-state index in [0.717, 1.165) is 126 Å². The zero-order valence-corrected chi connectivity index (χ0v) is 35.2. The fourth-order valence-corrected chi connectivity index (χ4v) is 9.95. The molecule has 6 heteroatoms. The Labute approximate surface area is 377 Å². The predicted molar refractivity (Wildman–Crippen MR) is 269 cm³/mol. The number of furan rings is 2. The average molecular weight is 843 g/mol. The highest BCUT2D eigenvalue weighted by atomic mass is 16.3. The number of nitrogens with zero attached hydrogens (tertiary/aromatic N) is 4. The van der Waals surface area contributed by atoms with Gasteiger partial charge in [0, 0.05) is 71.1 Å². The topological polar surface area (TPSA) is 77.8 Å². The standard InChI is InChI=1S/C60H34N4O2/c1-3-14-39-32-41(30-24-35(39)12-1)59-62-58(63-60(64-59)42-31-25-36-13-2-4-15-40(36)33-42)38-28-26-37(27-29-38)56-48-34-52-54(46-18-7-10-23-51(46)65-52)55(53(48)45-17-5-8-21-49(45)61-56)47-20-11-19-44-43-16-6-9-22-50(43)66-57(44)47/h1-34H. The van der Waals surface area contributed by atoms with Gasteiger partial charge in [0.25, 0.3) is 0 Å². The second-order valence-corrected chi connectivity index (χ2v) is 16.9. The smallest absolute Gasteiger partial charge is 0.164 e. The summed E-state index contributed by atoms with van der Waals surface area (Å²) >= 11 is 0. The molecule has 66 heavy (non-hydrogen) atoms. The second kappa shape index (κ2) is 14.3. The first kappa shape index (κ1) is 36.5. The molecule has 0 fully saturated rings. The highest BCUT2D eigenvalue weighted by Crippen LogP contribution is 2.49. The first-order chi connectivity index (χ1) is 32.7. The summed E-state index contributed by atoms with van der Waals surface area (Å²) in [6.45, 7) is 0. The van der Waals surface area contributed by atoms with Gasteiger partial charge in [0.05, 0.1) is 11.2 Å². The lowest BCUT2D eigenvalue weighted by atomic mass is 9.89. The van der Waals surface area contributed by atoms with E-state index in [9.17, 15) is 0 Å². The minimum absolute atomic E-state index is 0.587. The van der Waals surface area contributed by atoms with Crippen molar-refractivity contribution in [1.29, 1.82) is 0 Å². The molecule has 0 bridgehead atoms. The molecule has 4 aromatic heterocycles. The SMILES string of the molecule is c1ccc2cc(-c3nc(-c4ccc(-c5nc6ccccc6c6c(-c7cccc8c7oc7ccccc78)c7c(cc56)oc5ccccc57)cc4)nc(-c4ccc5ccccc5c4)n3)ccc2c1. The molecule has 0 unspecified atom stereocenters. The maximum absolute atomic E-state index is 6.75. The van der Waals surface area contributed by atoms with E-state index >= 15 is 0 Å². The monoisotopic (exact) mass is 842 g/mol. The summed E-state index contributed by atoms with van der Waals surface area (Å²) in [5, 5.41) is 11.9. The van der Waals surface area contributed by atoms with Crippen LogP contribution in [0.5, 0.6) is 0 Å². The van der Waals surface area contributed by atoms with E-state index in [1.807, 2.05) is 24.3 Å².